The minimum Gasteiger partial charge on any atom is -0.496 e. The number of ether oxygens (including phenoxy) is 1. The van der Waals surface area contributed by atoms with Crippen LogP contribution in [0.15, 0.2) is 18.2 Å². The molecule has 0 atom stereocenters. The molecular weight excluding hydrogens is 234 g/mol. The van der Waals surface area contributed by atoms with Crippen LogP contribution in [0.4, 0.5) is 4.79 Å². The number of nitrogens with zero attached hydrogens (tertiary/aromatic N) is 1. The van der Waals surface area contributed by atoms with Crippen molar-refractivity contribution in [1.29, 1.82) is 0 Å². The lowest BCUT2D eigenvalue weighted by Gasteiger charge is -2.15. The van der Waals surface area contributed by atoms with Gasteiger partial charge in [-0.25, -0.2) is 0 Å². The number of hydrogen-bond donors (Lipinski definition) is 1. The van der Waals surface area contributed by atoms with E-state index in [1.165, 1.54) is 5.56 Å². The predicted octanol–water partition coefficient (Wildman–Crippen LogP) is 2.78. The van der Waals surface area contributed by atoms with E-state index in [1.54, 1.807) is 19.1 Å². The molecule has 4 heteroatoms. The van der Waals surface area contributed by atoms with Crippen LogP contribution in [-0.4, -0.2) is 30.8 Å². The van der Waals surface area contributed by atoms with E-state index in [2.05, 4.69) is 31.7 Å². The molecule has 1 rings (SSSR count). The summed E-state index contributed by atoms with van der Waals surface area (Å²) in [6.07, 6.45) is 1.78. The van der Waals surface area contributed by atoms with Gasteiger partial charge in [0.05, 0.1) is 7.11 Å². The molecule has 1 aromatic carbocycles. The lowest BCUT2D eigenvalue weighted by molar-refractivity contribution is 0.234. The minimum atomic E-state index is -0.212. The van der Waals surface area contributed by atoms with Gasteiger partial charge >= 0.3 is 0 Å². The van der Waals surface area contributed by atoms with Gasteiger partial charge in [-0.2, -0.15) is 0 Å². The maximum atomic E-state index is 11.0. The Hall–Kier alpha value is -1.16. The fourth-order valence-electron chi connectivity index (χ4n) is 1.63. The summed E-state index contributed by atoms with van der Waals surface area (Å²) in [4.78, 5) is 12.6. The second kappa shape index (κ2) is 6.55. The molecule has 0 aliphatic carbocycles. The van der Waals surface area contributed by atoms with Crippen molar-refractivity contribution in [2.24, 2.45) is 0 Å². The molecule has 0 aliphatic heterocycles. The quantitative estimate of drug-likeness (QED) is 0.818. The Bertz CT molecular complexity index is 393. The summed E-state index contributed by atoms with van der Waals surface area (Å²) in [5.41, 5.74) is 2.41. The summed E-state index contributed by atoms with van der Waals surface area (Å²) in [5.74, 6) is 0.877. The number of rotatable bonds is 5. The summed E-state index contributed by atoms with van der Waals surface area (Å²) in [5, 5.41) is -0.212. The molecule has 0 saturated heterocycles. The Morgan fingerprint density at radius 2 is 2.18 bits per heavy atom. The maximum Gasteiger partial charge on any atom is 0.278 e. The van der Waals surface area contributed by atoms with E-state index >= 15 is 0 Å². The Morgan fingerprint density at radius 1 is 1.47 bits per heavy atom. The van der Waals surface area contributed by atoms with Gasteiger partial charge in [0.1, 0.15) is 5.75 Å². The third kappa shape index (κ3) is 3.97. The zero-order valence-corrected chi connectivity index (χ0v) is 11.5. The molecule has 94 valence electrons. The standard InChI is InChI=1S/C13H19NO2S/c1-4-10-5-6-12(16-3)11(9-10)7-8-14(2)13(15)17/h5-6,9H,4,7-8H2,1-3H3,(H,15,17). The monoisotopic (exact) mass is 253 g/mol. The van der Waals surface area contributed by atoms with Crippen molar-refractivity contribution >= 4 is 17.9 Å². The number of likely N-dealkylation sites (N-methyl/N-ethyl adjacent to an activating group) is 1. The molecule has 0 aliphatic rings. The number of amides is 1. The zero-order chi connectivity index (χ0) is 12.8. The normalized spacial score (nSPS) is 10.1. The van der Waals surface area contributed by atoms with Crippen molar-refractivity contribution in [2.75, 3.05) is 20.7 Å². The van der Waals surface area contributed by atoms with Crippen LogP contribution in [0.2, 0.25) is 0 Å². The second-order valence-corrected chi connectivity index (χ2v) is 4.34. The minimum absolute atomic E-state index is 0.212. The number of hydrogen-bond acceptors (Lipinski definition) is 2. The number of benzene rings is 1. The van der Waals surface area contributed by atoms with Crippen LogP contribution in [-0.2, 0) is 12.8 Å². The van der Waals surface area contributed by atoms with Gasteiger partial charge in [-0.05, 0) is 30.0 Å². The molecule has 0 aromatic heterocycles. The summed E-state index contributed by atoms with van der Waals surface area (Å²) in [7, 11) is 3.41. The SMILES string of the molecule is CCc1ccc(OC)c(CCN(C)C(=O)S)c1. The summed E-state index contributed by atoms with van der Waals surface area (Å²) < 4.78 is 5.32. The molecule has 0 spiro atoms. The Labute approximate surface area is 108 Å². The number of methoxy groups -OCH3 is 1. The molecule has 0 N–H and O–H groups in total. The van der Waals surface area contributed by atoms with Crippen molar-refractivity contribution in [2.45, 2.75) is 19.8 Å². The van der Waals surface area contributed by atoms with Crippen LogP contribution in [0.3, 0.4) is 0 Å². The summed E-state index contributed by atoms with van der Waals surface area (Å²) in [6, 6.07) is 6.18. The average molecular weight is 253 g/mol. The van der Waals surface area contributed by atoms with Crippen LogP contribution in [0.1, 0.15) is 18.1 Å². The highest BCUT2D eigenvalue weighted by molar-refractivity contribution is 7.96. The first kappa shape index (κ1) is 13.9. The van der Waals surface area contributed by atoms with Crippen LogP contribution < -0.4 is 4.74 Å². The molecule has 3 nitrogen and oxygen atoms in total. The first-order chi connectivity index (χ1) is 8.08. The smallest absolute Gasteiger partial charge is 0.278 e. The third-order valence-corrected chi connectivity index (χ3v) is 3.14. The largest absolute Gasteiger partial charge is 0.496 e. The van der Waals surface area contributed by atoms with Gasteiger partial charge in [-0.1, -0.05) is 31.7 Å². The topological polar surface area (TPSA) is 29.5 Å². The van der Waals surface area contributed by atoms with Gasteiger partial charge in [0.2, 0.25) is 0 Å². The Kier molecular flexibility index (Phi) is 5.35. The van der Waals surface area contributed by atoms with Gasteiger partial charge in [0.15, 0.2) is 0 Å². The van der Waals surface area contributed by atoms with Crippen molar-refractivity contribution in [3.8, 4) is 5.75 Å². The van der Waals surface area contributed by atoms with E-state index in [0.717, 1.165) is 24.2 Å². The molecule has 1 aromatic rings. The number of aryl methyl sites for hydroxylation is 1. The summed E-state index contributed by atoms with van der Waals surface area (Å²) in [6.45, 7) is 2.76. The number of carbonyl (C=O) groups is 1. The molecule has 0 unspecified atom stereocenters. The van der Waals surface area contributed by atoms with Crippen LogP contribution in [0.25, 0.3) is 0 Å². The fraction of sp³-hybridized carbons (Fsp3) is 0.462. The van der Waals surface area contributed by atoms with Gasteiger partial charge in [0.25, 0.3) is 5.24 Å². The van der Waals surface area contributed by atoms with Gasteiger partial charge in [-0.3, -0.25) is 4.79 Å². The van der Waals surface area contributed by atoms with E-state index in [1.807, 2.05) is 6.07 Å². The van der Waals surface area contributed by atoms with Gasteiger partial charge < -0.3 is 9.64 Å². The second-order valence-electron chi connectivity index (χ2n) is 3.95. The summed E-state index contributed by atoms with van der Waals surface area (Å²) >= 11 is 3.78. The molecule has 1 amide bonds. The zero-order valence-electron chi connectivity index (χ0n) is 10.6. The van der Waals surface area contributed by atoms with Gasteiger partial charge in [-0.15, -0.1) is 0 Å². The first-order valence-electron chi connectivity index (χ1n) is 5.68. The van der Waals surface area contributed by atoms with E-state index in [0.29, 0.717) is 6.54 Å². The molecule has 0 fully saturated rings. The molecule has 0 saturated carbocycles. The van der Waals surface area contributed by atoms with Crippen LogP contribution in [0.5, 0.6) is 5.75 Å². The van der Waals surface area contributed by atoms with Crippen molar-refractivity contribution in [1.82, 2.24) is 4.90 Å². The van der Waals surface area contributed by atoms with E-state index in [4.69, 9.17) is 4.74 Å². The van der Waals surface area contributed by atoms with Crippen LogP contribution >= 0.6 is 12.6 Å². The van der Waals surface area contributed by atoms with Crippen molar-refractivity contribution < 1.29 is 9.53 Å². The molecule has 0 bridgehead atoms. The van der Waals surface area contributed by atoms with E-state index in [9.17, 15) is 4.79 Å². The lowest BCUT2D eigenvalue weighted by Crippen LogP contribution is -2.23. The van der Waals surface area contributed by atoms with Gasteiger partial charge in [0, 0.05) is 13.6 Å². The predicted molar refractivity (Wildman–Crippen MR) is 73.1 cm³/mol. The highest BCUT2D eigenvalue weighted by Crippen LogP contribution is 2.21. The molecule has 17 heavy (non-hydrogen) atoms. The number of carbonyl (C=O) groups excluding carboxylic acids is 1. The highest BCUT2D eigenvalue weighted by Gasteiger charge is 2.07. The third-order valence-electron chi connectivity index (χ3n) is 2.80. The molecule has 0 radical (unpaired) electrons. The van der Waals surface area contributed by atoms with Crippen LogP contribution in [0, 0.1) is 0 Å². The Morgan fingerprint density at radius 3 is 2.71 bits per heavy atom. The maximum absolute atomic E-state index is 11.0. The first-order valence-corrected chi connectivity index (χ1v) is 6.13. The number of thiol groups is 1. The Balaban J connectivity index is 2.77. The highest BCUT2D eigenvalue weighted by atomic mass is 32.1. The van der Waals surface area contributed by atoms with E-state index in [-0.39, 0.29) is 5.24 Å². The fourth-order valence-corrected chi connectivity index (χ4v) is 1.73. The van der Waals surface area contributed by atoms with E-state index < -0.39 is 0 Å². The lowest BCUT2D eigenvalue weighted by atomic mass is 10.1. The molecular formula is C13H19NO2S. The average Bonchev–Trinajstić information content (AvgIpc) is 2.35. The van der Waals surface area contributed by atoms with Crippen molar-refractivity contribution in [3.63, 3.8) is 0 Å². The van der Waals surface area contributed by atoms with Crippen molar-refractivity contribution in [3.05, 3.63) is 29.3 Å². The molecule has 0 heterocycles.